The fourth-order valence-electron chi connectivity index (χ4n) is 2.12. The average molecular weight is 328 g/mol. The molecule has 0 bridgehead atoms. The molecule has 0 aliphatic rings. The van der Waals surface area contributed by atoms with E-state index in [1.54, 1.807) is 24.3 Å². The van der Waals surface area contributed by atoms with Crippen molar-refractivity contribution < 1.29 is 4.79 Å². The zero-order valence-electron chi connectivity index (χ0n) is 12.3. The van der Waals surface area contributed by atoms with E-state index in [0.29, 0.717) is 22.4 Å². The van der Waals surface area contributed by atoms with Gasteiger partial charge in [-0.05, 0) is 42.5 Å². The first-order valence-electron chi connectivity index (χ1n) is 6.89. The van der Waals surface area contributed by atoms with Gasteiger partial charge in [0.05, 0.1) is 10.7 Å². The molecule has 3 aromatic rings. The van der Waals surface area contributed by atoms with Gasteiger partial charge in [0, 0.05) is 23.7 Å². The third-order valence-electron chi connectivity index (χ3n) is 3.22. The van der Waals surface area contributed by atoms with Crippen LogP contribution in [0.3, 0.4) is 0 Å². The van der Waals surface area contributed by atoms with Crippen LogP contribution in [-0.4, -0.2) is 21.1 Å². The Hall–Kier alpha value is -2.86. The van der Waals surface area contributed by atoms with E-state index in [-0.39, 0.29) is 5.91 Å². The van der Waals surface area contributed by atoms with Gasteiger partial charge < -0.3 is 11.1 Å². The first-order valence-corrected chi connectivity index (χ1v) is 7.26. The Labute approximate surface area is 137 Å². The monoisotopic (exact) mass is 327 g/mol. The normalized spacial score (nSPS) is 10.5. The standard InChI is InChI=1S/C16H14ClN5O/c1-9(23)19-12-5-2-10(3-6-12)15-20-16(22-21-15)11-4-7-13(17)14(18)8-11/h2-8H,18H2,1H3,(H,19,23)(H,20,21,22). The summed E-state index contributed by atoms with van der Waals surface area (Å²) in [5.41, 5.74) is 8.65. The van der Waals surface area contributed by atoms with Crippen LogP contribution in [0.5, 0.6) is 0 Å². The van der Waals surface area contributed by atoms with Crippen molar-refractivity contribution in [3.05, 3.63) is 47.5 Å². The Morgan fingerprint density at radius 2 is 1.87 bits per heavy atom. The molecule has 1 heterocycles. The van der Waals surface area contributed by atoms with E-state index in [4.69, 9.17) is 17.3 Å². The van der Waals surface area contributed by atoms with Crippen molar-refractivity contribution in [1.82, 2.24) is 15.2 Å². The van der Waals surface area contributed by atoms with E-state index >= 15 is 0 Å². The lowest BCUT2D eigenvalue weighted by Gasteiger charge is -2.02. The van der Waals surface area contributed by atoms with Gasteiger partial charge in [0.25, 0.3) is 0 Å². The fourth-order valence-corrected chi connectivity index (χ4v) is 2.24. The summed E-state index contributed by atoms with van der Waals surface area (Å²) < 4.78 is 0. The van der Waals surface area contributed by atoms with Gasteiger partial charge in [0.15, 0.2) is 11.6 Å². The minimum absolute atomic E-state index is 0.111. The Kier molecular flexibility index (Phi) is 3.99. The van der Waals surface area contributed by atoms with Crippen LogP contribution < -0.4 is 11.1 Å². The number of nitrogens with two attached hydrogens (primary N) is 1. The summed E-state index contributed by atoms with van der Waals surface area (Å²) in [4.78, 5) is 15.5. The Morgan fingerprint density at radius 3 is 2.52 bits per heavy atom. The second kappa shape index (κ2) is 6.10. The quantitative estimate of drug-likeness (QED) is 0.643. The van der Waals surface area contributed by atoms with Crippen LogP contribution in [0.25, 0.3) is 22.8 Å². The van der Waals surface area contributed by atoms with Gasteiger partial charge in [0.1, 0.15) is 0 Å². The zero-order valence-corrected chi connectivity index (χ0v) is 13.1. The van der Waals surface area contributed by atoms with E-state index in [2.05, 4.69) is 20.5 Å². The predicted molar refractivity (Wildman–Crippen MR) is 91.0 cm³/mol. The molecule has 0 spiro atoms. The second-order valence-electron chi connectivity index (χ2n) is 5.00. The maximum Gasteiger partial charge on any atom is 0.221 e. The molecule has 0 unspecified atom stereocenters. The molecule has 1 aromatic heterocycles. The largest absolute Gasteiger partial charge is 0.398 e. The van der Waals surface area contributed by atoms with Gasteiger partial charge in [0.2, 0.25) is 5.91 Å². The van der Waals surface area contributed by atoms with Crippen molar-refractivity contribution in [2.75, 3.05) is 11.1 Å². The van der Waals surface area contributed by atoms with Crippen molar-refractivity contribution in [2.45, 2.75) is 6.92 Å². The summed E-state index contributed by atoms with van der Waals surface area (Å²) in [6.45, 7) is 1.47. The summed E-state index contributed by atoms with van der Waals surface area (Å²) in [6.07, 6.45) is 0. The van der Waals surface area contributed by atoms with Crippen molar-refractivity contribution >= 4 is 28.9 Å². The van der Waals surface area contributed by atoms with Crippen LogP contribution in [-0.2, 0) is 4.79 Å². The number of benzene rings is 2. The lowest BCUT2D eigenvalue weighted by molar-refractivity contribution is -0.114. The highest BCUT2D eigenvalue weighted by Crippen LogP contribution is 2.26. The van der Waals surface area contributed by atoms with E-state index in [1.807, 2.05) is 18.2 Å². The van der Waals surface area contributed by atoms with E-state index in [9.17, 15) is 4.79 Å². The molecule has 0 atom stereocenters. The number of nitrogens with zero attached hydrogens (tertiary/aromatic N) is 2. The molecule has 0 aliphatic heterocycles. The molecular weight excluding hydrogens is 314 g/mol. The number of anilines is 2. The minimum Gasteiger partial charge on any atom is -0.398 e. The summed E-state index contributed by atoms with van der Waals surface area (Å²) in [5, 5.41) is 10.3. The molecular formula is C16H14ClN5O. The fraction of sp³-hybridized carbons (Fsp3) is 0.0625. The number of aromatic amines is 1. The van der Waals surface area contributed by atoms with Gasteiger partial charge in [-0.15, -0.1) is 0 Å². The number of carbonyl (C=O) groups excluding carboxylic acids is 1. The lowest BCUT2D eigenvalue weighted by atomic mass is 10.2. The third kappa shape index (κ3) is 3.32. The smallest absolute Gasteiger partial charge is 0.221 e. The number of halogens is 1. The molecule has 0 radical (unpaired) electrons. The number of hydrogen-bond donors (Lipinski definition) is 3. The summed E-state index contributed by atoms with van der Waals surface area (Å²) >= 11 is 5.92. The summed E-state index contributed by atoms with van der Waals surface area (Å²) in [6, 6.07) is 12.6. The Balaban J connectivity index is 1.86. The topological polar surface area (TPSA) is 96.7 Å². The van der Waals surface area contributed by atoms with Crippen LogP contribution in [0, 0.1) is 0 Å². The number of hydrogen-bond acceptors (Lipinski definition) is 4. The maximum absolute atomic E-state index is 11.0. The first kappa shape index (κ1) is 15.1. The lowest BCUT2D eigenvalue weighted by Crippen LogP contribution is -2.05. The SMILES string of the molecule is CC(=O)Nc1ccc(-c2nc(-c3ccc(Cl)c(N)c3)n[nH]2)cc1. The number of rotatable bonds is 3. The van der Waals surface area contributed by atoms with Crippen molar-refractivity contribution in [3.8, 4) is 22.8 Å². The number of nitrogen functional groups attached to an aromatic ring is 1. The molecule has 7 heteroatoms. The molecule has 116 valence electrons. The van der Waals surface area contributed by atoms with Gasteiger partial charge in [-0.25, -0.2) is 4.98 Å². The van der Waals surface area contributed by atoms with Crippen LogP contribution >= 0.6 is 11.6 Å². The molecule has 0 saturated carbocycles. The van der Waals surface area contributed by atoms with E-state index in [1.165, 1.54) is 6.92 Å². The van der Waals surface area contributed by atoms with E-state index < -0.39 is 0 Å². The maximum atomic E-state index is 11.0. The number of carbonyl (C=O) groups is 1. The van der Waals surface area contributed by atoms with Gasteiger partial charge in [-0.1, -0.05) is 11.6 Å². The highest BCUT2D eigenvalue weighted by atomic mass is 35.5. The molecule has 0 aliphatic carbocycles. The van der Waals surface area contributed by atoms with E-state index in [0.717, 1.165) is 16.8 Å². The highest BCUT2D eigenvalue weighted by molar-refractivity contribution is 6.33. The molecule has 6 nitrogen and oxygen atoms in total. The summed E-state index contributed by atoms with van der Waals surface area (Å²) in [5.74, 6) is 1.05. The summed E-state index contributed by atoms with van der Waals surface area (Å²) in [7, 11) is 0. The first-order chi connectivity index (χ1) is 11.0. The molecule has 0 saturated heterocycles. The van der Waals surface area contributed by atoms with Gasteiger partial charge in [-0.3, -0.25) is 9.89 Å². The van der Waals surface area contributed by atoms with Crippen LogP contribution in [0.4, 0.5) is 11.4 Å². The van der Waals surface area contributed by atoms with Crippen molar-refractivity contribution in [2.24, 2.45) is 0 Å². The molecule has 23 heavy (non-hydrogen) atoms. The zero-order chi connectivity index (χ0) is 16.4. The van der Waals surface area contributed by atoms with Crippen LogP contribution in [0.15, 0.2) is 42.5 Å². The van der Waals surface area contributed by atoms with Crippen LogP contribution in [0.2, 0.25) is 5.02 Å². The molecule has 0 fully saturated rings. The van der Waals surface area contributed by atoms with Gasteiger partial charge >= 0.3 is 0 Å². The molecule has 2 aromatic carbocycles. The molecule has 1 amide bonds. The van der Waals surface area contributed by atoms with Crippen molar-refractivity contribution in [3.63, 3.8) is 0 Å². The highest BCUT2D eigenvalue weighted by Gasteiger charge is 2.09. The average Bonchev–Trinajstić information content (AvgIpc) is 3.00. The number of H-pyrrole nitrogens is 1. The second-order valence-corrected chi connectivity index (χ2v) is 5.41. The number of amides is 1. The van der Waals surface area contributed by atoms with Crippen molar-refractivity contribution in [1.29, 1.82) is 0 Å². The third-order valence-corrected chi connectivity index (χ3v) is 3.56. The molecule has 3 rings (SSSR count). The van der Waals surface area contributed by atoms with Crippen LogP contribution in [0.1, 0.15) is 6.92 Å². The minimum atomic E-state index is -0.111. The predicted octanol–water partition coefficient (Wildman–Crippen LogP) is 3.33. The van der Waals surface area contributed by atoms with Gasteiger partial charge in [-0.2, -0.15) is 5.10 Å². The Bertz CT molecular complexity index is 857. The number of aromatic nitrogens is 3. The Morgan fingerprint density at radius 1 is 1.17 bits per heavy atom. The molecule has 4 N–H and O–H groups in total. The number of nitrogens with one attached hydrogen (secondary N) is 2.